The quantitative estimate of drug-likeness (QED) is 0.693. The number of hydrogen-bond acceptors (Lipinski definition) is 4. The zero-order valence-corrected chi connectivity index (χ0v) is 16.2. The van der Waals surface area contributed by atoms with Gasteiger partial charge in [-0.1, -0.05) is 18.2 Å². The number of piperazine rings is 1. The molecular formula is C21H26N6O. The van der Waals surface area contributed by atoms with E-state index in [4.69, 9.17) is 0 Å². The molecule has 0 radical (unpaired) electrons. The van der Waals surface area contributed by atoms with Gasteiger partial charge in [-0.2, -0.15) is 5.10 Å². The smallest absolute Gasteiger partial charge is 0.317 e. The van der Waals surface area contributed by atoms with Crippen LogP contribution in [0.1, 0.15) is 12.0 Å². The van der Waals surface area contributed by atoms with Crippen LogP contribution in [0.4, 0.5) is 10.5 Å². The summed E-state index contributed by atoms with van der Waals surface area (Å²) in [5, 5.41) is 8.62. The largest absolute Gasteiger partial charge is 0.368 e. The van der Waals surface area contributed by atoms with Gasteiger partial charge in [0.15, 0.2) is 0 Å². The summed E-state index contributed by atoms with van der Waals surface area (Å²) in [5.41, 5.74) is 3.52. The monoisotopic (exact) mass is 378 g/mol. The fourth-order valence-corrected chi connectivity index (χ4v) is 3.71. The summed E-state index contributed by atoms with van der Waals surface area (Å²) >= 11 is 0. The standard InChI is InChI=1S/C21H26N6O/c1-17-15-22-9-7-19(17)25-11-13-26(14-12-25)21(28)23-8-4-10-27-20-6-3-2-5-18(20)16-24-27/h2-3,5-7,9,15-16H,4,8,10-14H2,1H3,(H,23,28). The molecule has 3 heterocycles. The van der Waals surface area contributed by atoms with Gasteiger partial charge in [0.2, 0.25) is 0 Å². The lowest BCUT2D eigenvalue weighted by Crippen LogP contribution is -2.52. The highest BCUT2D eigenvalue weighted by atomic mass is 16.2. The summed E-state index contributed by atoms with van der Waals surface area (Å²) in [6.07, 6.45) is 6.45. The summed E-state index contributed by atoms with van der Waals surface area (Å²) in [6.45, 7) is 6.67. The number of fused-ring (bicyclic) bond motifs is 1. The van der Waals surface area contributed by atoms with Crippen molar-refractivity contribution in [1.82, 2.24) is 25.0 Å². The molecule has 1 aromatic carbocycles. The van der Waals surface area contributed by atoms with Crippen LogP contribution in [0.25, 0.3) is 10.9 Å². The summed E-state index contributed by atoms with van der Waals surface area (Å²) in [5.74, 6) is 0. The van der Waals surface area contributed by atoms with E-state index in [0.29, 0.717) is 6.54 Å². The van der Waals surface area contributed by atoms with Crippen molar-refractivity contribution in [3.05, 3.63) is 54.5 Å². The predicted octanol–water partition coefficient (Wildman–Crippen LogP) is 2.66. The molecular weight excluding hydrogens is 352 g/mol. The molecule has 7 nitrogen and oxygen atoms in total. The van der Waals surface area contributed by atoms with Crippen LogP contribution in [-0.2, 0) is 6.54 Å². The molecule has 0 spiro atoms. The summed E-state index contributed by atoms with van der Waals surface area (Å²) in [4.78, 5) is 20.8. The number of carbonyl (C=O) groups is 1. The lowest BCUT2D eigenvalue weighted by atomic mass is 10.2. The first-order valence-corrected chi connectivity index (χ1v) is 9.81. The number of aryl methyl sites for hydroxylation is 2. The number of rotatable bonds is 5. The average Bonchev–Trinajstić information content (AvgIpc) is 3.15. The van der Waals surface area contributed by atoms with Gasteiger partial charge in [0.05, 0.1) is 11.7 Å². The topological polar surface area (TPSA) is 66.3 Å². The number of benzene rings is 1. The van der Waals surface area contributed by atoms with Crippen molar-refractivity contribution in [3.8, 4) is 0 Å². The summed E-state index contributed by atoms with van der Waals surface area (Å²) in [6, 6.07) is 10.2. The number of aromatic nitrogens is 3. The van der Waals surface area contributed by atoms with Gasteiger partial charge in [-0.05, 0) is 31.0 Å². The molecule has 1 fully saturated rings. The van der Waals surface area contributed by atoms with Gasteiger partial charge >= 0.3 is 6.03 Å². The van der Waals surface area contributed by atoms with E-state index >= 15 is 0 Å². The van der Waals surface area contributed by atoms with Gasteiger partial charge in [0, 0.05) is 62.7 Å². The molecule has 0 bridgehead atoms. The lowest BCUT2D eigenvalue weighted by Gasteiger charge is -2.36. The molecule has 2 amide bonds. The molecule has 1 N–H and O–H groups in total. The molecule has 1 saturated heterocycles. The van der Waals surface area contributed by atoms with Crippen molar-refractivity contribution in [2.24, 2.45) is 0 Å². The molecule has 3 aromatic rings. The molecule has 0 aliphatic carbocycles. The Kier molecular flexibility index (Phi) is 5.41. The average molecular weight is 378 g/mol. The van der Waals surface area contributed by atoms with Crippen LogP contribution in [0.2, 0.25) is 0 Å². The number of carbonyl (C=O) groups excluding carboxylic acids is 1. The maximum atomic E-state index is 12.4. The summed E-state index contributed by atoms with van der Waals surface area (Å²) in [7, 11) is 0. The first kappa shape index (κ1) is 18.3. The van der Waals surface area contributed by atoms with E-state index in [1.165, 1.54) is 11.3 Å². The Balaban J connectivity index is 1.21. The van der Waals surface area contributed by atoms with Crippen molar-refractivity contribution in [2.45, 2.75) is 19.9 Å². The Morgan fingerprint density at radius 1 is 1.11 bits per heavy atom. The van der Waals surface area contributed by atoms with Crippen LogP contribution < -0.4 is 10.2 Å². The van der Waals surface area contributed by atoms with E-state index in [0.717, 1.165) is 50.0 Å². The molecule has 0 unspecified atom stereocenters. The second kappa shape index (κ2) is 8.29. The molecule has 7 heteroatoms. The van der Waals surface area contributed by atoms with Crippen molar-refractivity contribution >= 4 is 22.6 Å². The van der Waals surface area contributed by atoms with Crippen LogP contribution in [0.3, 0.4) is 0 Å². The highest BCUT2D eigenvalue weighted by Crippen LogP contribution is 2.19. The van der Waals surface area contributed by atoms with E-state index in [2.05, 4.69) is 39.4 Å². The van der Waals surface area contributed by atoms with E-state index in [1.807, 2.05) is 46.4 Å². The summed E-state index contributed by atoms with van der Waals surface area (Å²) < 4.78 is 2.00. The van der Waals surface area contributed by atoms with Gasteiger partial charge in [-0.25, -0.2) is 4.79 Å². The van der Waals surface area contributed by atoms with Gasteiger partial charge < -0.3 is 15.1 Å². The first-order valence-electron chi connectivity index (χ1n) is 9.81. The van der Waals surface area contributed by atoms with Crippen LogP contribution in [-0.4, -0.2) is 58.4 Å². The zero-order valence-electron chi connectivity index (χ0n) is 16.2. The Morgan fingerprint density at radius 2 is 1.93 bits per heavy atom. The number of para-hydroxylation sites is 1. The number of amides is 2. The van der Waals surface area contributed by atoms with Gasteiger partial charge in [0.25, 0.3) is 0 Å². The molecule has 2 aromatic heterocycles. The minimum atomic E-state index is 0.0245. The van der Waals surface area contributed by atoms with Crippen molar-refractivity contribution in [2.75, 3.05) is 37.6 Å². The van der Waals surface area contributed by atoms with E-state index < -0.39 is 0 Å². The number of pyridine rings is 1. The molecule has 28 heavy (non-hydrogen) atoms. The lowest BCUT2D eigenvalue weighted by molar-refractivity contribution is 0.194. The Morgan fingerprint density at radius 3 is 2.75 bits per heavy atom. The normalized spacial score (nSPS) is 14.5. The minimum Gasteiger partial charge on any atom is -0.368 e. The Hall–Kier alpha value is -3.09. The van der Waals surface area contributed by atoms with Crippen molar-refractivity contribution < 1.29 is 4.79 Å². The molecule has 0 saturated carbocycles. The molecule has 1 aliphatic rings. The predicted molar refractivity (Wildman–Crippen MR) is 111 cm³/mol. The van der Waals surface area contributed by atoms with Crippen molar-refractivity contribution in [1.29, 1.82) is 0 Å². The molecule has 4 rings (SSSR count). The third-order valence-corrected chi connectivity index (χ3v) is 5.27. The highest BCUT2D eigenvalue weighted by Gasteiger charge is 2.21. The van der Waals surface area contributed by atoms with E-state index in [9.17, 15) is 4.79 Å². The molecule has 146 valence electrons. The fraction of sp³-hybridized carbons (Fsp3) is 0.381. The number of nitrogens with one attached hydrogen (secondary N) is 1. The van der Waals surface area contributed by atoms with Gasteiger partial charge in [-0.15, -0.1) is 0 Å². The van der Waals surface area contributed by atoms with Crippen LogP contribution in [0.15, 0.2) is 48.9 Å². The maximum Gasteiger partial charge on any atom is 0.317 e. The minimum absolute atomic E-state index is 0.0245. The zero-order chi connectivity index (χ0) is 19.3. The molecule has 0 atom stereocenters. The van der Waals surface area contributed by atoms with Crippen LogP contribution in [0.5, 0.6) is 0 Å². The van der Waals surface area contributed by atoms with Gasteiger partial charge in [0.1, 0.15) is 0 Å². The number of urea groups is 1. The van der Waals surface area contributed by atoms with E-state index in [1.54, 1.807) is 0 Å². The SMILES string of the molecule is Cc1cnccc1N1CCN(C(=O)NCCCn2ncc3ccccc32)CC1. The third kappa shape index (κ3) is 3.93. The maximum absolute atomic E-state index is 12.4. The first-order chi connectivity index (χ1) is 13.7. The second-order valence-corrected chi connectivity index (χ2v) is 7.15. The van der Waals surface area contributed by atoms with Gasteiger partial charge in [-0.3, -0.25) is 9.67 Å². The molecule has 1 aliphatic heterocycles. The third-order valence-electron chi connectivity index (χ3n) is 5.27. The number of hydrogen-bond donors (Lipinski definition) is 1. The van der Waals surface area contributed by atoms with Crippen LogP contribution in [0, 0.1) is 6.92 Å². The fourth-order valence-electron chi connectivity index (χ4n) is 3.71. The number of nitrogens with zero attached hydrogens (tertiary/aromatic N) is 5. The van der Waals surface area contributed by atoms with Crippen LogP contribution >= 0.6 is 0 Å². The Labute approximate surface area is 165 Å². The Bertz CT molecular complexity index is 945. The highest BCUT2D eigenvalue weighted by molar-refractivity contribution is 5.78. The number of anilines is 1. The van der Waals surface area contributed by atoms with Crippen molar-refractivity contribution in [3.63, 3.8) is 0 Å². The van der Waals surface area contributed by atoms with E-state index in [-0.39, 0.29) is 6.03 Å². The second-order valence-electron chi connectivity index (χ2n) is 7.15.